The van der Waals surface area contributed by atoms with E-state index in [9.17, 15) is 0 Å². The monoisotopic (exact) mass is 340 g/mol. The van der Waals surface area contributed by atoms with E-state index < -0.39 is 0 Å². The molecular weight excluding hydrogens is 312 g/mol. The van der Waals surface area contributed by atoms with Crippen LogP contribution in [0.5, 0.6) is 0 Å². The van der Waals surface area contributed by atoms with Crippen molar-refractivity contribution in [3.8, 4) is 0 Å². The lowest BCUT2D eigenvalue weighted by molar-refractivity contribution is 0.558. The third-order valence-corrected chi connectivity index (χ3v) is 5.32. The molecule has 6 heteroatoms. The number of hydrogen-bond acceptors (Lipinski definition) is 5. The zero-order valence-corrected chi connectivity index (χ0v) is 15.0. The van der Waals surface area contributed by atoms with Crippen molar-refractivity contribution in [3.63, 3.8) is 0 Å². The van der Waals surface area contributed by atoms with E-state index >= 15 is 0 Å². The average molecular weight is 340 g/mol. The van der Waals surface area contributed by atoms with Gasteiger partial charge in [0, 0.05) is 42.9 Å². The van der Waals surface area contributed by atoms with Gasteiger partial charge in [0.2, 0.25) is 0 Å². The Balaban J connectivity index is 1.60. The number of anilines is 1. The predicted molar refractivity (Wildman–Crippen MR) is 98.8 cm³/mol. The van der Waals surface area contributed by atoms with E-state index in [4.69, 9.17) is 9.97 Å². The highest BCUT2D eigenvalue weighted by Gasteiger charge is 2.24. The zero-order valence-electron chi connectivity index (χ0n) is 15.0. The van der Waals surface area contributed by atoms with Gasteiger partial charge in [-0.1, -0.05) is 12.8 Å². The first-order valence-corrected chi connectivity index (χ1v) is 9.64. The van der Waals surface area contributed by atoms with Crippen molar-refractivity contribution in [1.29, 1.82) is 0 Å². The van der Waals surface area contributed by atoms with Crippen LogP contribution in [0.4, 0.5) is 5.82 Å². The molecule has 1 fully saturated rings. The summed E-state index contributed by atoms with van der Waals surface area (Å²) < 4.78 is 1.97. The summed E-state index contributed by atoms with van der Waals surface area (Å²) in [6.07, 6.45) is 10.9. The molecule has 134 valence electrons. The number of rotatable bonds is 5. The molecule has 25 heavy (non-hydrogen) atoms. The summed E-state index contributed by atoms with van der Waals surface area (Å²) in [5.74, 6) is 2.66. The fraction of sp³-hybridized carbons (Fsp3) is 0.632. The van der Waals surface area contributed by atoms with Crippen molar-refractivity contribution in [2.24, 2.45) is 0 Å². The predicted octanol–water partition coefficient (Wildman–Crippen LogP) is 2.52. The highest BCUT2D eigenvalue weighted by atomic mass is 15.3. The molecule has 2 aromatic heterocycles. The van der Waals surface area contributed by atoms with Crippen LogP contribution < -0.4 is 10.6 Å². The molecule has 0 bridgehead atoms. The van der Waals surface area contributed by atoms with Crippen LogP contribution in [0.1, 0.15) is 55.6 Å². The average Bonchev–Trinajstić information content (AvgIpc) is 3.25. The summed E-state index contributed by atoms with van der Waals surface area (Å²) in [6.45, 7) is 5.04. The molecule has 0 spiro atoms. The van der Waals surface area contributed by atoms with E-state index in [1.54, 1.807) is 0 Å². The van der Waals surface area contributed by atoms with Crippen molar-refractivity contribution in [1.82, 2.24) is 25.1 Å². The lowest BCUT2D eigenvalue weighted by Crippen LogP contribution is -2.25. The Bertz CT molecular complexity index is 690. The molecule has 0 aromatic carbocycles. The molecule has 1 saturated carbocycles. The third kappa shape index (κ3) is 3.84. The largest absolute Gasteiger partial charge is 0.365 e. The van der Waals surface area contributed by atoms with Crippen LogP contribution >= 0.6 is 0 Å². The van der Waals surface area contributed by atoms with Crippen LogP contribution in [-0.2, 0) is 19.4 Å². The summed E-state index contributed by atoms with van der Waals surface area (Å²) in [7, 11) is 0. The van der Waals surface area contributed by atoms with Gasteiger partial charge in [0.25, 0.3) is 0 Å². The maximum Gasteiger partial charge on any atom is 0.134 e. The lowest BCUT2D eigenvalue weighted by atomic mass is 10.0. The number of hydrogen-bond donors (Lipinski definition) is 2. The van der Waals surface area contributed by atoms with Gasteiger partial charge in [0.15, 0.2) is 0 Å². The number of fused-ring (bicyclic) bond motifs is 1. The summed E-state index contributed by atoms with van der Waals surface area (Å²) in [4.78, 5) is 9.99. The van der Waals surface area contributed by atoms with Crippen molar-refractivity contribution >= 4 is 5.82 Å². The molecule has 1 aliphatic carbocycles. The second kappa shape index (κ2) is 7.52. The molecule has 2 N–H and O–H groups in total. The van der Waals surface area contributed by atoms with Gasteiger partial charge < -0.3 is 10.6 Å². The Labute approximate surface area is 149 Å². The second-order valence-electron chi connectivity index (χ2n) is 7.36. The van der Waals surface area contributed by atoms with E-state index in [0.717, 1.165) is 44.1 Å². The van der Waals surface area contributed by atoms with Crippen LogP contribution in [-0.4, -0.2) is 38.9 Å². The highest BCUT2D eigenvalue weighted by Crippen LogP contribution is 2.34. The Kier molecular flexibility index (Phi) is 4.97. The van der Waals surface area contributed by atoms with Crippen molar-refractivity contribution < 1.29 is 0 Å². The summed E-state index contributed by atoms with van der Waals surface area (Å²) in [5.41, 5.74) is 2.55. The van der Waals surface area contributed by atoms with Gasteiger partial charge in [0.1, 0.15) is 11.6 Å². The van der Waals surface area contributed by atoms with E-state index in [2.05, 4.69) is 22.7 Å². The molecule has 4 rings (SSSR count). The van der Waals surface area contributed by atoms with Crippen LogP contribution in [0.2, 0.25) is 0 Å². The molecule has 2 aromatic rings. The Morgan fingerprint density at radius 2 is 2.08 bits per heavy atom. The molecule has 0 unspecified atom stereocenters. The van der Waals surface area contributed by atoms with Gasteiger partial charge in [-0.15, -0.1) is 0 Å². The smallest absolute Gasteiger partial charge is 0.134 e. The van der Waals surface area contributed by atoms with Crippen LogP contribution in [0.3, 0.4) is 0 Å². The van der Waals surface area contributed by atoms with Gasteiger partial charge >= 0.3 is 0 Å². The Morgan fingerprint density at radius 3 is 2.88 bits per heavy atom. The second-order valence-corrected chi connectivity index (χ2v) is 7.36. The quantitative estimate of drug-likeness (QED) is 0.875. The number of aromatic nitrogens is 4. The fourth-order valence-corrected chi connectivity index (χ4v) is 4.02. The van der Waals surface area contributed by atoms with Crippen LogP contribution in [0, 0.1) is 0 Å². The van der Waals surface area contributed by atoms with E-state index in [1.165, 1.54) is 36.9 Å². The lowest BCUT2D eigenvalue weighted by Gasteiger charge is -2.20. The molecule has 6 nitrogen and oxygen atoms in total. The summed E-state index contributed by atoms with van der Waals surface area (Å²) in [6, 6.07) is 2.24. The number of nitrogens with one attached hydrogen (secondary N) is 2. The maximum atomic E-state index is 5.00. The Hall–Kier alpha value is -1.95. The van der Waals surface area contributed by atoms with Crippen molar-refractivity contribution in [2.75, 3.05) is 18.4 Å². The Morgan fingerprint density at radius 1 is 1.24 bits per heavy atom. The minimum atomic E-state index is 0.270. The number of nitrogens with zero attached hydrogens (tertiary/aromatic N) is 4. The summed E-state index contributed by atoms with van der Waals surface area (Å²) in [5, 5.41) is 11.5. The molecule has 1 aliphatic heterocycles. The molecule has 1 atom stereocenters. The SMILES string of the molecule is C[C@H](Cn1cccn1)Nc1nc(C2CCCC2)nc2c1CCNCC2. The van der Waals surface area contributed by atoms with Crippen molar-refractivity contribution in [2.45, 2.75) is 64.0 Å². The normalized spacial score (nSPS) is 19.4. The standard InChI is InChI=1S/C19H28N6/c1-14(13-25-12-4-9-21-25)22-19-16-7-10-20-11-8-17(16)23-18(24-19)15-5-2-3-6-15/h4,9,12,14-15,20H,2-3,5-8,10-11,13H2,1H3,(H,22,23,24)/t14-/m1/s1. The first-order chi connectivity index (χ1) is 12.3. The van der Waals surface area contributed by atoms with Gasteiger partial charge in [-0.3, -0.25) is 4.68 Å². The summed E-state index contributed by atoms with van der Waals surface area (Å²) >= 11 is 0. The zero-order chi connectivity index (χ0) is 17.1. The molecular formula is C19H28N6. The van der Waals surface area contributed by atoms with Gasteiger partial charge in [-0.05, 0) is 38.8 Å². The first-order valence-electron chi connectivity index (χ1n) is 9.64. The van der Waals surface area contributed by atoms with Crippen molar-refractivity contribution in [3.05, 3.63) is 35.5 Å². The van der Waals surface area contributed by atoms with Gasteiger partial charge in [0.05, 0.1) is 12.2 Å². The van der Waals surface area contributed by atoms with E-state index in [1.807, 2.05) is 23.1 Å². The fourth-order valence-electron chi connectivity index (χ4n) is 4.02. The van der Waals surface area contributed by atoms with Crippen LogP contribution in [0.25, 0.3) is 0 Å². The molecule has 0 amide bonds. The minimum absolute atomic E-state index is 0.270. The topological polar surface area (TPSA) is 67.7 Å². The van der Waals surface area contributed by atoms with E-state index in [-0.39, 0.29) is 6.04 Å². The molecule has 0 radical (unpaired) electrons. The van der Waals surface area contributed by atoms with Gasteiger partial charge in [-0.25, -0.2) is 9.97 Å². The minimum Gasteiger partial charge on any atom is -0.365 e. The molecule has 2 aliphatic rings. The van der Waals surface area contributed by atoms with E-state index in [0.29, 0.717) is 5.92 Å². The highest BCUT2D eigenvalue weighted by molar-refractivity contribution is 5.48. The third-order valence-electron chi connectivity index (χ3n) is 5.32. The maximum absolute atomic E-state index is 5.00. The van der Waals surface area contributed by atoms with Gasteiger partial charge in [-0.2, -0.15) is 5.10 Å². The molecule has 0 saturated heterocycles. The first kappa shape index (κ1) is 16.5. The van der Waals surface area contributed by atoms with Crippen LogP contribution in [0.15, 0.2) is 18.5 Å². The molecule has 3 heterocycles.